The lowest BCUT2D eigenvalue weighted by Gasteiger charge is -2.19. The van der Waals surface area contributed by atoms with Crippen LogP contribution in [-0.2, 0) is 17.7 Å². The number of carbonyl (C=O) groups is 1. The number of imidazole rings is 1. The fourth-order valence-electron chi connectivity index (χ4n) is 1.36. The highest BCUT2D eigenvalue weighted by Gasteiger charge is 2.15. The van der Waals surface area contributed by atoms with Gasteiger partial charge in [0, 0.05) is 19.2 Å². The number of hydrogen-bond acceptors (Lipinski definition) is 3. The van der Waals surface area contributed by atoms with E-state index in [2.05, 4.69) is 10.3 Å². The first-order valence-electron chi connectivity index (χ1n) is 5.94. The molecule has 0 unspecified atom stereocenters. The lowest BCUT2D eigenvalue weighted by atomic mass is 10.2. The number of aryl methyl sites for hydroxylation is 1. The van der Waals surface area contributed by atoms with Gasteiger partial charge in [0.15, 0.2) is 0 Å². The zero-order chi connectivity index (χ0) is 13.6. The summed E-state index contributed by atoms with van der Waals surface area (Å²) in [6.07, 6.45) is 3.52. The van der Waals surface area contributed by atoms with E-state index in [-0.39, 0.29) is 0 Å². The quantitative estimate of drug-likeness (QED) is 0.876. The molecule has 102 valence electrons. The van der Waals surface area contributed by atoms with Crippen LogP contribution >= 0.6 is 0 Å². The Labute approximate surface area is 106 Å². The predicted molar refractivity (Wildman–Crippen MR) is 66.1 cm³/mol. The highest BCUT2D eigenvalue weighted by Crippen LogP contribution is 2.06. The van der Waals surface area contributed by atoms with Crippen LogP contribution in [0.5, 0.6) is 0 Å². The van der Waals surface area contributed by atoms with E-state index in [0.717, 1.165) is 5.69 Å². The smallest absolute Gasteiger partial charge is 0.407 e. The Morgan fingerprint density at radius 3 is 2.89 bits per heavy atom. The Kier molecular flexibility index (Phi) is 5.12. The maximum Gasteiger partial charge on any atom is 0.407 e. The van der Waals surface area contributed by atoms with Gasteiger partial charge in [0.05, 0.1) is 18.6 Å². The summed E-state index contributed by atoms with van der Waals surface area (Å²) < 4.78 is 18.9. The number of nitrogens with one attached hydrogen (secondary N) is 1. The molecule has 0 bridgehead atoms. The molecule has 0 saturated carbocycles. The van der Waals surface area contributed by atoms with Crippen LogP contribution in [0, 0.1) is 0 Å². The molecule has 6 heteroatoms. The first-order valence-corrected chi connectivity index (χ1v) is 5.94. The zero-order valence-corrected chi connectivity index (χ0v) is 11.1. The van der Waals surface area contributed by atoms with Crippen LogP contribution in [0.4, 0.5) is 9.18 Å². The average molecular weight is 257 g/mol. The molecule has 1 N–H and O–H groups in total. The van der Waals surface area contributed by atoms with Gasteiger partial charge in [-0.2, -0.15) is 0 Å². The molecular formula is C12H20FN3O2. The Bertz CT molecular complexity index is 385. The van der Waals surface area contributed by atoms with Crippen LogP contribution < -0.4 is 5.32 Å². The monoisotopic (exact) mass is 257 g/mol. The second-order valence-corrected chi connectivity index (χ2v) is 4.97. The summed E-state index contributed by atoms with van der Waals surface area (Å²) in [5.41, 5.74) is 0.326. The Balaban J connectivity index is 2.26. The third kappa shape index (κ3) is 5.65. The van der Waals surface area contributed by atoms with Gasteiger partial charge < -0.3 is 14.6 Å². The molecule has 0 radical (unpaired) electrons. The number of nitrogens with zero attached hydrogens (tertiary/aromatic N) is 2. The fraction of sp³-hybridized carbons (Fsp3) is 0.667. The number of alkyl halides is 1. The van der Waals surface area contributed by atoms with Crippen molar-refractivity contribution in [2.24, 2.45) is 0 Å². The van der Waals surface area contributed by atoms with E-state index in [1.54, 1.807) is 17.1 Å². The lowest BCUT2D eigenvalue weighted by molar-refractivity contribution is 0.0528. The minimum atomic E-state index is -0.493. The van der Waals surface area contributed by atoms with Gasteiger partial charge in [-0.15, -0.1) is 0 Å². The van der Waals surface area contributed by atoms with E-state index in [1.165, 1.54) is 0 Å². The van der Waals surface area contributed by atoms with Crippen molar-refractivity contribution in [2.45, 2.75) is 39.3 Å². The third-order valence-electron chi connectivity index (χ3n) is 2.08. The molecule has 0 atom stereocenters. The number of halogens is 1. The fourth-order valence-corrected chi connectivity index (χ4v) is 1.36. The SMILES string of the molecule is CC(C)(C)OC(=O)NCCc1cn(CCF)cn1. The number of ether oxygens (including phenoxy) is 1. The van der Waals surface area contributed by atoms with Crippen LogP contribution in [0.15, 0.2) is 12.5 Å². The first-order chi connectivity index (χ1) is 8.40. The van der Waals surface area contributed by atoms with E-state index in [1.807, 2.05) is 20.8 Å². The molecule has 1 amide bonds. The van der Waals surface area contributed by atoms with Crippen LogP contribution in [-0.4, -0.2) is 34.5 Å². The number of carbonyl (C=O) groups excluding carboxylic acids is 1. The number of hydrogen-bond donors (Lipinski definition) is 1. The summed E-state index contributed by atoms with van der Waals surface area (Å²) in [7, 11) is 0. The Morgan fingerprint density at radius 2 is 2.28 bits per heavy atom. The van der Waals surface area contributed by atoms with Crippen molar-refractivity contribution in [2.75, 3.05) is 13.2 Å². The maximum absolute atomic E-state index is 12.1. The standard InChI is InChI=1S/C12H20FN3O2/c1-12(2,3)18-11(17)14-6-4-10-8-16(7-5-13)9-15-10/h8-9H,4-7H2,1-3H3,(H,14,17). The summed E-state index contributed by atoms with van der Waals surface area (Å²) in [5, 5.41) is 2.64. The van der Waals surface area contributed by atoms with Crippen molar-refractivity contribution in [3.8, 4) is 0 Å². The topological polar surface area (TPSA) is 56.1 Å². The summed E-state index contributed by atoms with van der Waals surface area (Å²) in [4.78, 5) is 15.5. The minimum Gasteiger partial charge on any atom is -0.444 e. The molecule has 0 aromatic carbocycles. The molecule has 1 heterocycles. The van der Waals surface area contributed by atoms with Crippen molar-refractivity contribution in [1.29, 1.82) is 0 Å². The van der Waals surface area contributed by atoms with Crippen molar-refractivity contribution in [1.82, 2.24) is 14.9 Å². The van der Waals surface area contributed by atoms with E-state index < -0.39 is 18.4 Å². The molecule has 1 rings (SSSR count). The van der Waals surface area contributed by atoms with Crippen molar-refractivity contribution >= 4 is 6.09 Å². The van der Waals surface area contributed by atoms with E-state index >= 15 is 0 Å². The van der Waals surface area contributed by atoms with Gasteiger partial charge in [-0.05, 0) is 20.8 Å². The highest BCUT2D eigenvalue weighted by atomic mass is 19.1. The molecule has 1 aromatic heterocycles. The van der Waals surface area contributed by atoms with Crippen molar-refractivity contribution in [3.05, 3.63) is 18.2 Å². The molecule has 0 aliphatic heterocycles. The van der Waals surface area contributed by atoms with Crippen molar-refractivity contribution < 1.29 is 13.9 Å². The molecule has 18 heavy (non-hydrogen) atoms. The molecule has 5 nitrogen and oxygen atoms in total. The molecule has 0 fully saturated rings. The molecule has 1 aromatic rings. The number of aromatic nitrogens is 2. The van der Waals surface area contributed by atoms with Gasteiger partial charge in [-0.3, -0.25) is 0 Å². The molecule has 0 aliphatic rings. The van der Waals surface area contributed by atoms with Crippen LogP contribution in [0.25, 0.3) is 0 Å². The predicted octanol–water partition coefficient (Wildman–Crippen LogP) is 1.92. The van der Waals surface area contributed by atoms with Gasteiger partial charge >= 0.3 is 6.09 Å². The third-order valence-corrected chi connectivity index (χ3v) is 2.08. The average Bonchev–Trinajstić information content (AvgIpc) is 2.63. The zero-order valence-electron chi connectivity index (χ0n) is 11.1. The summed E-state index contributed by atoms with van der Waals surface area (Å²) in [5.74, 6) is 0. The summed E-state index contributed by atoms with van der Waals surface area (Å²) >= 11 is 0. The molecule has 0 aliphatic carbocycles. The maximum atomic E-state index is 12.1. The van der Waals surface area contributed by atoms with Crippen LogP contribution in [0.2, 0.25) is 0 Å². The number of amides is 1. The van der Waals surface area contributed by atoms with Gasteiger partial charge in [0.25, 0.3) is 0 Å². The van der Waals surface area contributed by atoms with Crippen molar-refractivity contribution in [3.63, 3.8) is 0 Å². The molecule has 0 saturated heterocycles. The number of rotatable bonds is 5. The second-order valence-electron chi connectivity index (χ2n) is 4.97. The summed E-state index contributed by atoms with van der Waals surface area (Å²) in [6.45, 7) is 5.78. The van der Waals surface area contributed by atoms with Gasteiger partial charge in [-0.1, -0.05) is 0 Å². The lowest BCUT2D eigenvalue weighted by Crippen LogP contribution is -2.33. The summed E-state index contributed by atoms with van der Waals surface area (Å²) in [6, 6.07) is 0. The van der Waals surface area contributed by atoms with Crippen LogP contribution in [0.3, 0.4) is 0 Å². The Morgan fingerprint density at radius 1 is 1.56 bits per heavy atom. The van der Waals surface area contributed by atoms with E-state index in [0.29, 0.717) is 19.5 Å². The number of alkyl carbamates (subject to hydrolysis) is 1. The van der Waals surface area contributed by atoms with E-state index in [9.17, 15) is 9.18 Å². The van der Waals surface area contributed by atoms with Gasteiger partial charge in [0.2, 0.25) is 0 Å². The van der Waals surface area contributed by atoms with Crippen LogP contribution in [0.1, 0.15) is 26.5 Å². The molecular weight excluding hydrogens is 237 g/mol. The van der Waals surface area contributed by atoms with E-state index in [4.69, 9.17) is 4.74 Å². The van der Waals surface area contributed by atoms with Gasteiger partial charge in [-0.25, -0.2) is 14.2 Å². The minimum absolute atomic E-state index is 0.312. The largest absolute Gasteiger partial charge is 0.444 e. The Hall–Kier alpha value is -1.59. The normalized spacial score (nSPS) is 11.3. The van der Waals surface area contributed by atoms with Gasteiger partial charge in [0.1, 0.15) is 12.3 Å². The second kappa shape index (κ2) is 6.37. The first kappa shape index (κ1) is 14.5. The molecule has 0 spiro atoms. The highest BCUT2D eigenvalue weighted by molar-refractivity contribution is 5.67.